The number of aromatic carboxylic acids is 1. The van der Waals surface area contributed by atoms with Gasteiger partial charge in [-0.1, -0.05) is 30.3 Å². The predicted octanol–water partition coefficient (Wildman–Crippen LogP) is 4.27. The highest BCUT2D eigenvalue weighted by Gasteiger charge is 2.08. The molecule has 0 aliphatic carbocycles. The van der Waals surface area contributed by atoms with E-state index in [9.17, 15) is 4.79 Å². The van der Waals surface area contributed by atoms with Crippen LogP contribution in [0.15, 0.2) is 64.4 Å². The number of rotatable bonds is 6. The average Bonchev–Trinajstić information content (AvgIpc) is 2.45. The van der Waals surface area contributed by atoms with Gasteiger partial charge in [0.25, 0.3) is 0 Å². The summed E-state index contributed by atoms with van der Waals surface area (Å²) in [5.41, 5.74) is 0.386. The SMILES string of the molecule is O=C(O)c1ccccc1SCCSc1ccccc1. The van der Waals surface area contributed by atoms with Crippen molar-refractivity contribution >= 4 is 29.5 Å². The summed E-state index contributed by atoms with van der Waals surface area (Å²) in [6, 6.07) is 17.4. The van der Waals surface area contributed by atoms with Crippen molar-refractivity contribution in [3.8, 4) is 0 Å². The van der Waals surface area contributed by atoms with E-state index < -0.39 is 5.97 Å². The second-order valence-electron chi connectivity index (χ2n) is 3.81. The molecule has 0 aliphatic heterocycles. The monoisotopic (exact) mass is 290 g/mol. The van der Waals surface area contributed by atoms with Gasteiger partial charge in [0.1, 0.15) is 0 Å². The summed E-state index contributed by atoms with van der Waals surface area (Å²) in [5.74, 6) is 0.991. The van der Waals surface area contributed by atoms with Gasteiger partial charge in [0.15, 0.2) is 0 Å². The summed E-state index contributed by atoms with van der Waals surface area (Å²) in [6.45, 7) is 0. The standard InChI is InChI=1S/C15H14O2S2/c16-15(17)13-8-4-5-9-14(13)19-11-10-18-12-6-2-1-3-7-12/h1-9H,10-11H2,(H,16,17). The Labute approximate surface area is 121 Å². The fourth-order valence-electron chi connectivity index (χ4n) is 1.60. The van der Waals surface area contributed by atoms with Gasteiger partial charge in [-0.25, -0.2) is 4.79 Å². The van der Waals surface area contributed by atoms with E-state index in [-0.39, 0.29) is 0 Å². The zero-order valence-electron chi connectivity index (χ0n) is 10.3. The lowest BCUT2D eigenvalue weighted by atomic mass is 10.2. The molecule has 0 aromatic heterocycles. The Morgan fingerprint density at radius 3 is 2.26 bits per heavy atom. The zero-order valence-corrected chi connectivity index (χ0v) is 11.9. The highest BCUT2D eigenvalue weighted by Crippen LogP contribution is 2.25. The van der Waals surface area contributed by atoms with Gasteiger partial charge in [-0.3, -0.25) is 0 Å². The molecule has 0 atom stereocenters. The van der Waals surface area contributed by atoms with Gasteiger partial charge in [-0.15, -0.1) is 23.5 Å². The Kier molecular flexibility index (Phi) is 5.36. The zero-order chi connectivity index (χ0) is 13.5. The fraction of sp³-hybridized carbons (Fsp3) is 0.133. The van der Waals surface area contributed by atoms with Crippen LogP contribution in [-0.2, 0) is 0 Å². The number of thioether (sulfide) groups is 2. The highest BCUT2D eigenvalue weighted by atomic mass is 32.2. The Morgan fingerprint density at radius 2 is 1.53 bits per heavy atom. The topological polar surface area (TPSA) is 37.3 Å². The van der Waals surface area contributed by atoms with Crippen LogP contribution in [0.4, 0.5) is 0 Å². The summed E-state index contributed by atoms with van der Waals surface area (Å²) in [5, 5.41) is 9.08. The number of benzene rings is 2. The minimum absolute atomic E-state index is 0.386. The van der Waals surface area contributed by atoms with E-state index >= 15 is 0 Å². The lowest BCUT2D eigenvalue weighted by Crippen LogP contribution is -1.98. The predicted molar refractivity (Wildman–Crippen MR) is 81.3 cm³/mol. The molecular formula is C15H14O2S2. The Morgan fingerprint density at radius 1 is 0.895 bits per heavy atom. The molecule has 0 radical (unpaired) electrons. The van der Waals surface area contributed by atoms with E-state index in [1.54, 1.807) is 35.7 Å². The number of hydrogen-bond donors (Lipinski definition) is 1. The van der Waals surface area contributed by atoms with Crippen LogP contribution >= 0.6 is 23.5 Å². The summed E-state index contributed by atoms with van der Waals surface area (Å²) in [4.78, 5) is 13.1. The second kappa shape index (κ2) is 7.26. The first-order chi connectivity index (χ1) is 9.27. The third-order valence-corrected chi connectivity index (χ3v) is 4.82. The van der Waals surface area contributed by atoms with E-state index in [0.29, 0.717) is 5.56 Å². The maximum absolute atomic E-state index is 11.1. The molecule has 0 heterocycles. The van der Waals surface area contributed by atoms with E-state index in [1.165, 1.54) is 4.90 Å². The first kappa shape index (κ1) is 14.0. The van der Waals surface area contributed by atoms with Gasteiger partial charge in [0.2, 0.25) is 0 Å². The van der Waals surface area contributed by atoms with E-state index in [2.05, 4.69) is 12.1 Å². The quantitative estimate of drug-likeness (QED) is 0.637. The number of carboxylic acid groups (broad SMARTS) is 1. The number of hydrogen-bond acceptors (Lipinski definition) is 3. The molecule has 0 unspecified atom stereocenters. The molecule has 98 valence electrons. The van der Waals surface area contributed by atoms with Crippen molar-refractivity contribution in [2.24, 2.45) is 0 Å². The minimum Gasteiger partial charge on any atom is -0.478 e. The van der Waals surface area contributed by atoms with Crippen molar-refractivity contribution in [3.63, 3.8) is 0 Å². The molecule has 4 heteroatoms. The second-order valence-corrected chi connectivity index (χ2v) is 6.12. The Balaban J connectivity index is 1.85. The molecule has 0 bridgehead atoms. The molecule has 0 aliphatic rings. The normalized spacial score (nSPS) is 10.3. The molecule has 0 spiro atoms. The third-order valence-electron chi connectivity index (χ3n) is 2.47. The molecule has 2 aromatic carbocycles. The van der Waals surface area contributed by atoms with Gasteiger partial charge < -0.3 is 5.11 Å². The molecule has 2 aromatic rings. The summed E-state index contributed by atoms with van der Waals surface area (Å²) < 4.78 is 0. The largest absolute Gasteiger partial charge is 0.478 e. The van der Waals surface area contributed by atoms with Crippen LogP contribution in [0.25, 0.3) is 0 Å². The van der Waals surface area contributed by atoms with Crippen LogP contribution in [-0.4, -0.2) is 22.6 Å². The first-order valence-corrected chi connectivity index (χ1v) is 7.87. The van der Waals surface area contributed by atoms with Crippen LogP contribution in [0.3, 0.4) is 0 Å². The van der Waals surface area contributed by atoms with Crippen LogP contribution in [0.2, 0.25) is 0 Å². The molecule has 0 amide bonds. The van der Waals surface area contributed by atoms with Crippen molar-refractivity contribution < 1.29 is 9.90 Å². The average molecular weight is 290 g/mol. The molecule has 19 heavy (non-hydrogen) atoms. The highest BCUT2D eigenvalue weighted by molar-refractivity contribution is 8.03. The summed E-state index contributed by atoms with van der Waals surface area (Å²) >= 11 is 3.38. The van der Waals surface area contributed by atoms with E-state index in [0.717, 1.165) is 16.4 Å². The fourth-order valence-corrected chi connectivity index (χ4v) is 3.55. The molecule has 2 rings (SSSR count). The molecule has 2 nitrogen and oxygen atoms in total. The van der Waals surface area contributed by atoms with Crippen LogP contribution in [0, 0.1) is 0 Å². The lowest BCUT2D eigenvalue weighted by molar-refractivity contribution is 0.0693. The molecule has 0 saturated carbocycles. The van der Waals surface area contributed by atoms with Crippen molar-refractivity contribution in [2.75, 3.05) is 11.5 Å². The van der Waals surface area contributed by atoms with Crippen LogP contribution in [0.5, 0.6) is 0 Å². The number of carboxylic acids is 1. The van der Waals surface area contributed by atoms with Gasteiger partial charge >= 0.3 is 5.97 Å². The Hall–Kier alpha value is -1.39. The summed E-state index contributed by atoms with van der Waals surface area (Å²) in [6.07, 6.45) is 0. The molecule has 1 N–H and O–H groups in total. The van der Waals surface area contributed by atoms with Crippen LogP contribution in [0.1, 0.15) is 10.4 Å². The Bertz CT molecular complexity index is 541. The first-order valence-electron chi connectivity index (χ1n) is 5.90. The van der Waals surface area contributed by atoms with Crippen LogP contribution < -0.4 is 0 Å². The van der Waals surface area contributed by atoms with E-state index in [1.807, 2.05) is 30.3 Å². The number of carbonyl (C=O) groups is 1. The smallest absolute Gasteiger partial charge is 0.336 e. The molecular weight excluding hydrogens is 276 g/mol. The summed E-state index contributed by atoms with van der Waals surface area (Å²) in [7, 11) is 0. The maximum atomic E-state index is 11.1. The minimum atomic E-state index is -0.862. The van der Waals surface area contributed by atoms with Gasteiger partial charge in [0.05, 0.1) is 5.56 Å². The van der Waals surface area contributed by atoms with Crippen molar-refractivity contribution in [1.29, 1.82) is 0 Å². The van der Waals surface area contributed by atoms with Gasteiger partial charge in [-0.2, -0.15) is 0 Å². The molecule has 0 fully saturated rings. The van der Waals surface area contributed by atoms with Gasteiger partial charge in [-0.05, 0) is 24.3 Å². The van der Waals surface area contributed by atoms with Gasteiger partial charge in [0, 0.05) is 21.3 Å². The maximum Gasteiger partial charge on any atom is 0.336 e. The van der Waals surface area contributed by atoms with Crippen molar-refractivity contribution in [1.82, 2.24) is 0 Å². The van der Waals surface area contributed by atoms with E-state index in [4.69, 9.17) is 5.11 Å². The third kappa shape index (κ3) is 4.33. The lowest BCUT2D eigenvalue weighted by Gasteiger charge is -2.05. The molecule has 0 saturated heterocycles. The van der Waals surface area contributed by atoms with Crippen molar-refractivity contribution in [3.05, 3.63) is 60.2 Å². The van der Waals surface area contributed by atoms with Crippen molar-refractivity contribution in [2.45, 2.75) is 9.79 Å².